The monoisotopic (exact) mass is 253 g/mol. The van der Waals surface area contributed by atoms with Gasteiger partial charge in [0.05, 0.1) is 6.07 Å². The number of hydrogen-bond donors (Lipinski definition) is 1. The topological polar surface area (TPSA) is 73.2 Å². The number of nitriles is 1. The molecule has 17 heavy (non-hydrogen) atoms. The second-order valence-electron chi connectivity index (χ2n) is 3.86. The minimum atomic E-state index is -3.62. The van der Waals surface area contributed by atoms with Crippen LogP contribution in [0.5, 0.6) is 0 Å². The van der Waals surface area contributed by atoms with Crippen molar-refractivity contribution < 1.29 is 8.42 Å². The lowest BCUT2D eigenvalue weighted by Crippen LogP contribution is -2.23. The Bertz CT molecular complexity index is 515. The third-order valence-corrected chi connectivity index (χ3v) is 3.85. The molecule has 0 aromatic heterocycles. The molecule has 0 aliphatic rings. The molecule has 1 rings (SSSR count). The first-order valence-electron chi connectivity index (χ1n) is 5.05. The van der Waals surface area contributed by atoms with Crippen molar-refractivity contribution in [3.8, 4) is 6.07 Å². The summed E-state index contributed by atoms with van der Waals surface area (Å²) in [6.07, 6.45) is 0. The Kier molecular flexibility index (Phi) is 3.97. The fourth-order valence-corrected chi connectivity index (χ4v) is 1.93. The third-order valence-electron chi connectivity index (χ3n) is 2.29. The van der Waals surface area contributed by atoms with E-state index in [4.69, 9.17) is 5.26 Å². The largest absolute Gasteiger partial charge is 0.378 e. The highest BCUT2D eigenvalue weighted by molar-refractivity contribution is 7.93. The molecule has 5 nitrogen and oxygen atoms in total. The zero-order valence-corrected chi connectivity index (χ0v) is 10.8. The molecular weight excluding hydrogens is 238 g/mol. The second kappa shape index (κ2) is 5.06. The van der Waals surface area contributed by atoms with Gasteiger partial charge in [-0.25, -0.2) is 8.42 Å². The van der Waals surface area contributed by atoms with Crippen LogP contribution in [0.25, 0.3) is 0 Å². The van der Waals surface area contributed by atoms with Gasteiger partial charge >= 0.3 is 0 Å². The van der Waals surface area contributed by atoms with E-state index in [0.717, 1.165) is 5.69 Å². The van der Waals surface area contributed by atoms with E-state index in [9.17, 15) is 8.42 Å². The Morgan fingerprint density at radius 1 is 1.29 bits per heavy atom. The molecule has 6 heteroatoms. The Balaban J connectivity index is 2.87. The molecule has 92 valence electrons. The van der Waals surface area contributed by atoms with Gasteiger partial charge < -0.3 is 4.90 Å². The van der Waals surface area contributed by atoms with Crippen LogP contribution >= 0.6 is 0 Å². The standard InChI is InChI=1S/C11H15N3O2S/c1-9(8-12)17(15,16)13-10-4-6-11(7-5-10)14(2)3/h4-7,9,13H,1-3H3. The molecule has 0 amide bonds. The number of rotatable bonds is 4. The van der Waals surface area contributed by atoms with Gasteiger partial charge in [-0.3, -0.25) is 4.72 Å². The molecule has 0 spiro atoms. The Morgan fingerprint density at radius 2 is 1.82 bits per heavy atom. The van der Waals surface area contributed by atoms with Crippen molar-refractivity contribution in [2.45, 2.75) is 12.2 Å². The molecule has 1 aromatic carbocycles. The summed E-state index contributed by atoms with van der Waals surface area (Å²) in [7, 11) is 0.178. The van der Waals surface area contributed by atoms with Crippen LogP contribution in [0.4, 0.5) is 11.4 Å². The number of nitrogens with zero attached hydrogens (tertiary/aromatic N) is 2. The summed E-state index contributed by atoms with van der Waals surface area (Å²) in [6.45, 7) is 1.34. The highest BCUT2D eigenvalue weighted by Gasteiger charge is 2.19. The van der Waals surface area contributed by atoms with Crippen LogP contribution in [0, 0.1) is 11.3 Å². The van der Waals surface area contributed by atoms with Crippen LogP contribution in [0.15, 0.2) is 24.3 Å². The van der Waals surface area contributed by atoms with Gasteiger partial charge in [0, 0.05) is 25.5 Å². The maximum atomic E-state index is 11.6. The first kappa shape index (κ1) is 13.3. The predicted octanol–water partition coefficient (Wildman–Crippen LogP) is 1.41. The first-order valence-corrected chi connectivity index (χ1v) is 6.60. The molecule has 1 unspecified atom stereocenters. The average molecular weight is 253 g/mol. The lowest BCUT2D eigenvalue weighted by Gasteiger charge is -2.14. The normalized spacial score (nSPS) is 12.6. The van der Waals surface area contributed by atoms with Gasteiger partial charge in [-0.1, -0.05) is 0 Å². The summed E-state index contributed by atoms with van der Waals surface area (Å²) in [4.78, 5) is 1.91. The zero-order valence-electron chi connectivity index (χ0n) is 10.0. The van der Waals surface area contributed by atoms with Crippen molar-refractivity contribution in [1.29, 1.82) is 5.26 Å². The quantitative estimate of drug-likeness (QED) is 0.880. The van der Waals surface area contributed by atoms with Crippen molar-refractivity contribution in [1.82, 2.24) is 0 Å². The molecule has 0 fully saturated rings. The van der Waals surface area contributed by atoms with E-state index in [2.05, 4.69) is 4.72 Å². The van der Waals surface area contributed by atoms with E-state index < -0.39 is 15.3 Å². The molecule has 0 radical (unpaired) electrons. The SMILES string of the molecule is CC(C#N)S(=O)(=O)Nc1ccc(N(C)C)cc1. The Morgan fingerprint density at radius 3 is 2.24 bits per heavy atom. The van der Waals surface area contributed by atoms with Crippen molar-refractivity contribution in [3.63, 3.8) is 0 Å². The number of nitrogens with one attached hydrogen (secondary N) is 1. The summed E-state index contributed by atoms with van der Waals surface area (Å²) >= 11 is 0. The van der Waals surface area contributed by atoms with Crippen molar-refractivity contribution in [2.75, 3.05) is 23.7 Å². The van der Waals surface area contributed by atoms with E-state index in [1.165, 1.54) is 6.92 Å². The molecule has 0 aliphatic carbocycles. The van der Waals surface area contributed by atoms with E-state index in [0.29, 0.717) is 5.69 Å². The van der Waals surface area contributed by atoms with Crippen LogP contribution in [0.1, 0.15) is 6.92 Å². The number of sulfonamides is 1. The first-order chi connectivity index (χ1) is 7.86. The second-order valence-corrected chi connectivity index (χ2v) is 5.86. The molecular formula is C11H15N3O2S. The fraction of sp³-hybridized carbons (Fsp3) is 0.364. The van der Waals surface area contributed by atoms with Gasteiger partial charge in [-0.05, 0) is 31.2 Å². The highest BCUT2D eigenvalue weighted by Crippen LogP contribution is 2.17. The average Bonchev–Trinajstić information content (AvgIpc) is 2.28. The molecule has 0 saturated heterocycles. The Labute approximate surface area is 102 Å². The molecule has 0 bridgehead atoms. The van der Waals surface area contributed by atoms with Crippen LogP contribution in [0.2, 0.25) is 0 Å². The third kappa shape index (κ3) is 3.36. The lowest BCUT2D eigenvalue weighted by atomic mass is 10.3. The highest BCUT2D eigenvalue weighted by atomic mass is 32.2. The predicted molar refractivity (Wildman–Crippen MR) is 68.4 cm³/mol. The molecule has 1 aromatic rings. The van der Waals surface area contributed by atoms with Crippen LogP contribution in [-0.2, 0) is 10.0 Å². The summed E-state index contributed by atoms with van der Waals surface area (Å²) in [6, 6.07) is 8.62. The number of anilines is 2. The number of benzene rings is 1. The summed E-state index contributed by atoms with van der Waals surface area (Å²) in [5.74, 6) is 0. The van der Waals surface area contributed by atoms with E-state index >= 15 is 0 Å². The van der Waals surface area contributed by atoms with Crippen LogP contribution < -0.4 is 9.62 Å². The minimum Gasteiger partial charge on any atom is -0.378 e. The van der Waals surface area contributed by atoms with Gasteiger partial charge in [-0.15, -0.1) is 0 Å². The summed E-state index contributed by atoms with van der Waals surface area (Å²) in [5.41, 5.74) is 1.43. The minimum absolute atomic E-state index is 0.456. The summed E-state index contributed by atoms with van der Waals surface area (Å²) < 4.78 is 25.6. The zero-order chi connectivity index (χ0) is 13.1. The van der Waals surface area contributed by atoms with Crippen molar-refractivity contribution in [2.24, 2.45) is 0 Å². The van der Waals surface area contributed by atoms with Gasteiger partial charge in [-0.2, -0.15) is 5.26 Å². The smallest absolute Gasteiger partial charge is 0.248 e. The lowest BCUT2D eigenvalue weighted by molar-refractivity contribution is 0.597. The van der Waals surface area contributed by atoms with Crippen LogP contribution in [0.3, 0.4) is 0 Å². The van der Waals surface area contributed by atoms with Gasteiger partial charge in [0.25, 0.3) is 0 Å². The van der Waals surface area contributed by atoms with Crippen molar-refractivity contribution in [3.05, 3.63) is 24.3 Å². The molecule has 1 N–H and O–H groups in total. The fourth-order valence-electron chi connectivity index (χ4n) is 1.15. The molecule has 0 saturated carbocycles. The van der Waals surface area contributed by atoms with Gasteiger partial charge in [0.15, 0.2) is 5.25 Å². The van der Waals surface area contributed by atoms with E-state index in [-0.39, 0.29) is 0 Å². The summed E-state index contributed by atoms with van der Waals surface area (Å²) in [5, 5.41) is 7.52. The maximum absolute atomic E-state index is 11.6. The molecule has 0 heterocycles. The molecule has 0 aliphatic heterocycles. The van der Waals surface area contributed by atoms with Crippen LogP contribution in [-0.4, -0.2) is 27.8 Å². The Hall–Kier alpha value is -1.74. The maximum Gasteiger partial charge on any atom is 0.248 e. The van der Waals surface area contributed by atoms with Crippen molar-refractivity contribution >= 4 is 21.4 Å². The van der Waals surface area contributed by atoms with E-state index in [1.807, 2.05) is 19.0 Å². The number of hydrogen-bond acceptors (Lipinski definition) is 4. The van der Waals surface area contributed by atoms with Gasteiger partial charge in [0.2, 0.25) is 10.0 Å². The molecule has 1 atom stereocenters. The van der Waals surface area contributed by atoms with Gasteiger partial charge in [0.1, 0.15) is 0 Å². The van der Waals surface area contributed by atoms with E-state index in [1.54, 1.807) is 30.3 Å².